The van der Waals surface area contributed by atoms with Crippen LogP contribution < -0.4 is 10.6 Å². The molecule has 8 nitrogen and oxygen atoms in total. The van der Waals surface area contributed by atoms with Crippen molar-refractivity contribution in [3.63, 3.8) is 0 Å². The van der Waals surface area contributed by atoms with E-state index in [0.717, 1.165) is 29.2 Å². The monoisotopic (exact) mass is 398 g/mol. The molecule has 3 aromatic heterocycles. The zero-order chi connectivity index (χ0) is 20.7. The van der Waals surface area contributed by atoms with E-state index in [2.05, 4.69) is 31.7 Å². The van der Waals surface area contributed by atoms with Crippen LogP contribution in [-0.2, 0) is 11.2 Å². The van der Waals surface area contributed by atoms with Crippen LogP contribution in [0, 0.1) is 17.2 Å². The molecule has 0 unspecified atom stereocenters. The van der Waals surface area contributed by atoms with Crippen molar-refractivity contribution in [2.24, 2.45) is 5.92 Å². The highest BCUT2D eigenvalue weighted by Gasteiger charge is 2.30. The van der Waals surface area contributed by atoms with Gasteiger partial charge in [-0.05, 0) is 36.6 Å². The molecule has 0 atom stereocenters. The number of benzene rings is 1. The van der Waals surface area contributed by atoms with Crippen LogP contribution in [0.1, 0.15) is 18.4 Å². The zero-order valence-corrected chi connectivity index (χ0v) is 16.3. The molecule has 148 valence electrons. The van der Waals surface area contributed by atoms with E-state index in [1.54, 1.807) is 19.4 Å². The summed E-state index contributed by atoms with van der Waals surface area (Å²) in [6.07, 6.45) is 5.55. The molecular formula is C22H18N6O2. The number of fused-ring (bicyclic) bond motifs is 2. The molecule has 8 heteroatoms. The third-order valence-electron chi connectivity index (χ3n) is 5.17. The number of anilines is 2. The van der Waals surface area contributed by atoms with Crippen molar-refractivity contribution in [2.45, 2.75) is 19.3 Å². The Morgan fingerprint density at radius 1 is 1.23 bits per heavy atom. The first-order valence-corrected chi connectivity index (χ1v) is 9.70. The predicted molar refractivity (Wildman–Crippen MR) is 113 cm³/mol. The molecule has 0 radical (unpaired) electrons. The number of carbonyl (C=O) groups is 1. The molecule has 1 aliphatic carbocycles. The van der Waals surface area contributed by atoms with Gasteiger partial charge < -0.3 is 15.1 Å². The summed E-state index contributed by atoms with van der Waals surface area (Å²) in [4.78, 5) is 25.6. The Hall–Kier alpha value is -3.99. The highest BCUT2D eigenvalue weighted by molar-refractivity contribution is 6.03. The number of pyridine rings is 2. The predicted octanol–water partition coefficient (Wildman–Crippen LogP) is 3.89. The number of nitriles is 1. The average Bonchev–Trinajstić information content (AvgIpc) is 3.53. The van der Waals surface area contributed by atoms with Crippen molar-refractivity contribution in [2.75, 3.05) is 17.7 Å². The lowest BCUT2D eigenvalue weighted by Crippen LogP contribution is -2.14. The minimum absolute atomic E-state index is 0.00168. The molecule has 1 aromatic carbocycles. The largest absolute Gasteiger partial charge is 0.436 e. The summed E-state index contributed by atoms with van der Waals surface area (Å²) < 4.78 is 5.98. The first-order valence-electron chi connectivity index (χ1n) is 9.70. The van der Waals surface area contributed by atoms with Crippen molar-refractivity contribution in [1.29, 1.82) is 5.26 Å². The van der Waals surface area contributed by atoms with Gasteiger partial charge >= 0.3 is 0 Å². The van der Waals surface area contributed by atoms with Crippen molar-refractivity contribution in [3.05, 3.63) is 42.2 Å². The molecule has 1 fully saturated rings. The Morgan fingerprint density at radius 2 is 2.10 bits per heavy atom. The summed E-state index contributed by atoms with van der Waals surface area (Å²) in [5, 5.41) is 16.5. The maximum atomic E-state index is 12.2. The van der Waals surface area contributed by atoms with Crippen molar-refractivity contribution in [3.8, 4) is 17.5 Å². The minimum Gasteiger partial charge on any atom is -0.436 e. The second kappa shape index (κ2) is 7.12. The summed E-state index contributed by atoms with van der Waals surface area (Å²) in [7, 11) is 1.79. The van der Waals surface area contributed by atoms with Gasteiger partial charge in [-0.3, -0.25) is 4.79 Å². The van der Waals surface area contributed by atoms with Gasteiger partial charge in [0.25, 0.3) is 0 Å². The van der Waals surface area contributed by atoms with Crippen molar-refractivity contribution < 1.29 is 9.21 Å². The molecule has 0 bridgehead atoms. The van der Waals surface area contributed by atoms with E-state index in [4.69, 9.17) is 9.68 Å². The first kappa shape index (κ1) is 18.1. The number of carbonyl (C=O) groups excluding carboxylic acids is 1. The van der Waals surface area contributed by atoms with Crippen LogP contribution in [0.4, 0.5) is 11.6 Å². The Labute approximate surface area is 172 Å². The topological polar surface area (TPSA) is 117 Å². The Bertz CT molecular complexity index is 1330. The molecule has 4 aromatic rings. The molecule has 0 spiro atoms. The van der Waals surface area contributed by atoms with Gasteiger partial charge in [0.15, 0.2) is 5.58 Å². The molecule has 3 heterocycles. The number of aromatic nitrogens is 3. The fraction of sp³-hybridized carbons (Fsp3) is 0.227. The molecule has 30 heavy (non-hydrogen) atoms. The number of rotatable bonds is 5. The third kappa shape index (κ3) is 3.20. The van der Waals surface area contributed by atoms with Crippen molar-refractivity contribution in [1.82, 2.24) is 15.0 Å². The molecule has 1 saturated carbocycles. The van der Waals surface area contributed by atoms with E-state index >= 15 is 0 Å². The van der Waals surface area contributed by atoms with Gasteiger partial charge in [0.05, 0.1) is 18.1 Å². The van der Waals surface area contributed by atoms with Crippen LogP contribution in [0.15, 0.2) is 41.1 Å². The Balaban J connectivity index is 1.62. The maximum Gasteiger partial charge on any atom is 0.229 e. The standard InChI is InChI=1S/C22H18N6O2/c1-24-20-15-10-25-19(28-21(29)13-3-4-13)9-14(15)16(11-26-20)22-27-17-8-12(6-7-23)2-5-18(17)30-22/h2,5,8-11,13H,3-4,6H2,1H3,(H,24,26)(H,25,28,29). The van der Waals surface area contributed by atoms with E-state index in [9.17, 15) is 4.79 Å². The fourth-order valence-corrected chi connectivity index (χ4v) is 3.44. The van der Waals surface area contributed by atoms with Gasteiger partial charge in [-0.1, -0.05) is 6.07 Å². The summed E-state index contributed by atoms with van der Waals surface area (Å²) in [5.41, 5.74) is 2.90. The summed E-state index contributed by atoms with van der Waals surface area (Å²) in [6.45, 7) is 0. The van der Waals surface area contributed by atoms with E-state index < -0.39 is 0 Å². The fourth-order valence-electron chi connectivity index (χ4n) is 3.44. The molecule has 2 N–H and O–H groups in total. The summed E-state index contributed by atoms with van der Waals surface area (Å²) >= 11 is 0. The normalized spacial score (nSPS) is 13.3. The van der Waals surface area contributed by atoms with Gasteiger partial charge in [-0.25, -0.2) is 15.0 Å². The molecule has 1 amide bonds. The number of amides is 1. The smallest absolute Gasteiger partial charge is 0.229 e. The van der Waals surface area contributed by atoms with Crippen LogP contribution in [0.3, 0.4) is 0 Å². The van der Waals surface area contributed by atoms with Crippen LogP contribution in [0.25, 0.3) is 33.3 Å². The van der Waals surface area contributed by atoms with E-state index in [1.807, 2.05) is 24.3 Å². The van der Waals surface area contributed by atoms with Crippen LogP contribution in [0.2, 0.25) is 0 Å². The average molecular weight is 398 g/mol. The molecule has 0 aliphatic heterocycles. The lowest BCUT2D eigenvalue weighted by Gasteiger charge is -2.10. The molecule has 1 aliphatic rings. The number of nitrogens with one attached hydrogen (secondary N) is 2. The number of oxazole rings is 1. The Morgan fingerprint density at radius 3 is 2.87 bits per heavy atom. The highest BCUT2D eigenvalue weighted by atomic mass is 16.3. The van der Waals surface area contributed by atoms with Gasteiger partial charge in [-0.2, -0.15) is 5.26 Å². The second-order valence-corrected chi connectivity index (χ2v) is 7.31. The van der Waals surface area contributed by atoms with Crippen LogP contribution >= 0.6 is 0 Å². The third-order valence-corrected chi connectivity index (χ3v) is 5.17. The van der Waals surface area contributed by atoms with E-state index in [1.165, 1.54) is 0 Å². The quantitative estimate of drug-likeness (QED) is 0.524. The first-order chi connectivity index (χ1) is 14.7. The van der Waals surface area contributed by atoms with Crippen molar-refractivity contribution >= 4 is 39.4 Å². The lowest BCUT2D eigenvalue weighted by atomic mass is 10.1. The van der Waals surface area contributed by atoms with Crippen LogP contribution in [0.5, 0.6) is 0 Å². The zero-order valence-electron chi connectivity index (χ0n) is 16.3. The highest BCUT2D eigenvalue weighted by Crippen LogP contribution is 2.35. The number of nitrogens with zero attached hydrogens (tertiary/aromatic N) is 4. The van der Waals surface area contributed by atoms with E-state index in [-0.39, 0.29) is 11.8 Å². The van der Waals surface area contributed by atoms with Gasteiger partial charge in [0, 0.05) is 36.1 Å². The molecular weight excluding hydrogens is 380 g/mol. The maximum absolute atomic E-state index is 12.2. The summed E-state index contributed by atoms with van der Waals surface area (Å²) in [5.74, 6) is 1.67. The summed E-state index contributed by atoms with van der Waals surface area (Å²) in [6, 6.07) is 9.49. The van der Waals surface area contributed by atoms with Gasteiger partial charge in [0.2, 0.25) is 11.8 Å². The van der Waals surface area contributed by atoms with E-state index in [0.29, 0.717) is 40.6 Å². The van der Waals surface area contributed by atoms with Gasteiger partial charge in [0.1, 0.15) is 17.2 Å². The minimum atomic E-state index is -0.00168. The lowest BCUT2D eigenvalue weighted by molar-refractivity contribution is -0.117. The Kier molecular flexibility index (Phi) is 4.29. The SMILES string of the molecule is CNc1ncc(-c2nc3cc(CC#N)ccc3o2)c2cc(NC(=O)C3CC3)ncc12. The second-order valence-electron chi connectivity index (χ2n) is 7.31. The molecule has 5 rings (SSSR count). The number of hydrogen-bond donors (Lipinski definition) is 2. The molecule has 0 saturated heterocycles. The van der Waals surface area contributed by atoms with Crippen LogP contribution in [-0.4, -0.2) is 27.9 Å². The number of hydrogen-bond acceptors (Lipinski definition) is 7. The van der Waals surface area contributed by atoms with Gasteiger partial charge in [-0.15, -0.1) is 0 Å².